The van der Waals surface area contributed by atoms with Crippen LogP contribution in [0.4, 0.5) is 0 Å². The molecule has 1 aliphatic heterocycles. The molecule has 0 aliphatic carbocycles. The van der Waals surface area contributed by atoms with E-state index in [0.717, 1.165) is 26.1 Å². The highest BCUT2D eigenvalue weighted by Crippen LogP contribution is 2.12. The Morgan fingerprint density at radius 3 is 2.46 bits per heavy atom. The number of nitrogens with zero attached hydrogens (tertiary/aromatic N) is 1. The Hall–Kier alpha value is -1.44. The summed E-state index contributed by atoms with van der Waals surface area (Å²) in [5, 5.41) is 0. The molecule has 0 atom stereocenters. The molecular weight excluding hydrogens is 328 g/mol. The second kappa shape index (κ2) is 9.15. The van der Waals surface area contributed by atoms with Gasteiger partial charge in [-0.25, -0.2) is 17.9 Å². The molecule has 0 bridgehead atoms. The highest BCUT2D eigenvalue weighted by atomic mass is 32.2. The molecule has 0 radical (unpaired) electrons. The average molecular weight is 354 g/mol. The van der Waals surface area contributed by atoms with Gasteiger partial charge in [-0.3, -0.25) is 0 Å². The van der Waals surface area contributed by atoms with E-state index < -0.39 is 16.0 Å². The maximum atomic E-state index is 12.2. The zero-order valence-electron chi connectivity index (χ0n) is 14.2. The SMILES string of the molecule is CCOC(=O)c1ccc(S(=O)(=O)NCCCN2CCCCC2)cc1. The van der Waals surface area contributed by atoms with Crippen LogP contribution in [0.5, 0.6) is 0 Å². The fourth-order valence-corrected chi connectivity index (χ4v) is 3.83. The number of likely N-dealkylation sites (tertiary alicyclic amines) is 1. The second-order valence-corrected chi connectivity index (χ2v) is 7.67. The molecule has 0 aromatic heterocycles. The second-order valence-electron chi connectivity index (χ2n) is 5.90. The van der Waals surface area contributed by atoms with E-state index in [4.69, 9.17) is 4.74 Å². The Bertz CT molecular complexity index is 622. The fourth-order valence-electron chi connectivity index (χ4n) is 2.76. The molecule has 2 rings (SSSR count). The van der Waals surface area contributed by atoms with Crippen molar-refractivity contribution in [2.45, 2.75) is 37.5 Å². The molecule has 1 aromatic rings. The van der Waals surface area contributed by atoms with Gasteiger partial charge in [0.2, 0.25) is 10.0 Å². The summed E-state index contributed by atoms with van der Waals surface area (Å²) in [4.78, 5) is 14.1. The van der Waals surface area contributed by atoms with E-state index in [9.17, 15) is 13.2 Å². The van der Waals surface area contributed by atoms with Gasteiger partial charge in [0.25, 0.3) is 0 Å². The van der Waals surface area contributed by atoms with Crippen molar-refractivity contribution in [1.29, 1.82) is 0 Å². The van der Waals surface area contributed by atoms with Crippen molar-refractivity contribution in [2.75, 3.05) is 32.8 Å². The van der Waals surface area contributed by atoms with Crippen LogP contribution in [0.1, 0.15) is 43.0 Å². The minimum Gasteiger partial charge on any atom is -0.462 e. The number of benzene rings is 1. The molecule has 1 saturated heterocycles. The lowest BCUT2D eigenvalue weighted by Crippen LogP contribution is -2.33. The van der Waals surface area contributed by atoms with E-state index in [0.29, 0.717) is 12.1 Å². The predicted octanol–water partition coefficient (Wildman–Crippen LogP) is 2.02. The highest BCUT2D eigenvalue weighted by Gasteiger charge is 2.15. The third-order valence-corrected chi connectivity index (χ3v) is 5.54. The van der Waals surface area contributed by atoms with Crippen molar-refractivity contribution >= 4 is 16.0 Å². The third kappa shape index (κ3) is 5.58. The Morgan fingerprint density at radius 1 is 1.17 bits per heavy atom. The first-order chi connectivity index (χ1) is 11.5. The summed E-state index contributed by atoms with van der Waals surface area (Å²) >= 11 is 0. The summed E-state index contributed by atoms with van der Waals surface area (Å²) < 4.78 is 32.0. The van der Waals surface area contributed by atoms with Crippen molar-refractivity contribution in [3.8, 4) is 0 Å². The number of esters is 1. The van der Waals surface area contributed by atoms with Gasteiger partial charge in [-0.2, -0.15) is 0 Å². The lowest BCUT2D eigenvalue weighted by molar-refractivity contribution is 0.0526. The van der Waals surface area contributed by atoms with E-state index in [1.165, 1.54) is 43.5 Å². The molecule has 0 unspecified atom stereocenters. The number of hydrogen-bond donors (Lipinski definition) is 1. The summed E-state index contributed by atoms with van der Waals surface area (Å²) in [6.45, 7) is 5.58. The van der Waals surface area contributed by atoms with Gasteiger partial charge in [-0.1, -0.05) is 6.42 Å². The van der Waals surface area contributed by atoms with Crippen LogP contribution in [-0.2, 0) is 14.8 Å². The Morgan fingerprint density at radius 2 is 1.83 bits per heavy atom. The van der Waals surface area contributed by atoms with Crippen molar-refractivity contribution in [2.24, 2.45) is 0 Å². The van der Waals surface area contributed by atoms with Crippen molar-refractivity contribution < 1.29 is 17.9 Å². The van der Waals surface area contributed by atoms with E-state index in [1.807, 2.05) is 0 Å². The minimum absolute atomic E-state index is 0.161. The van der Waals surface area contributed by atoms with Crippen LogP contribution >= 0.6 is 0 Å². The maximum absolute atomic E-state index is 12.2. The number of nitrogens with one attached hydrogen (secondary N) is 1. The number of ether oxygens (including phenoxy) is 1. The van der Waals surface area contributed by atoms with E-state index in [2.05, 4.69) is 9.62 Å². The van der Waals surface area contributed by atoms with Crippen LogP contribution in [0.15, 0.2) is 29.2 Å². The molecule has 6 nitrogen and oxygen atoms in total. The number of piperidine rings is 1. The van der Waals surface area contributed by atoms with Gasteiger partial charge >= 0.3 is 5.97 Å². The zero-order valence-corrected chi connectivity index (χ0v) is 15.0. The molecule has 0 spiro atoms. The molecule has 0 amide bonds. The molecular formula is C17H26N2O4S. The van der Waals surface area contributed by atoms with Crippen LogP contribution in [0.2, 0.25) is 0 Å². The zero-order chi connectivity index (χ0) is 17.4. The van der Waals surface area contributed by atoms with Crippen LogP contribution in [0.3, 0.4) is 0 Å². The Kier molecular flexibility index (Phi) is 7.20. The fraction of sp³-hybridized carbons (Fsp3) is 0.588. The van der Waals surface area contributed by atoms with Gasteiger partial charge in [0, 0.05) is 6.54 Å². The summed E-state index contributed by atoms with van der Waals surface area (Å²) in [5.74, 6) is -0.448. The summed E-state index contributed by atoms with van der Waals surface area (Å²) in [6.07, 6.45) is 4.56. The van der Waals surface area contributed by atoms with Gasteiger partial charge in [-0.15, -0.1) is 0 Å². The topological polar surface area (TPSA) is 75.7 Å². The first kappa shape index (κ1) is 18.9. The maximum Gasteiger partial charge on any atom is 0.338 e. The van der Waals surface area contributed by atoms with Gasteiger partial charge in [0.1, 0.15) is 0 Å². The predicted molar refractivity (Wildman–Crippen MR) is 92.5 cm³/mol. The number of carbonyl (C=O) groups is 1. The lowest BCUT2D eigenvalue weighted by Gasteiger charge is -2.26. The summed E-state index contributed by atoms with van der Waals surface area (Å²) in [6, 6.07) is 5.80. The smallest absolute Gasteiger partial charge is 0.338 e. The molecule has 1 fully saturated rings. The van der Waals surface area contributed by atoms with Gasteiger partial charge in [0.05, 0.1) is 17.1 Å². The van der Waals surface area contributed by atoms with Crippen LogP contribution in [-0.4, -0.2) is 52.1 Å². The van der Waals surface area contributed by atoms with Crippen molar-refractivity contribution in [1.82, 2.24) is 9.62 Å². The lowest BCUT2D eigenvalue weighted by atomic mass is 10.1. The molecule has 1 aliphatic rings. The van der Waals surface area contributed by atoms with E-state index in [1.54, 1.807) is 6.92 Å². The Balaban J connectivity index is 1.82. The number of rotatable bonds is 8. The largest absolute Gasteiger partial charge is 0.462 e. The van der Waals surface area contributed by atoms with E-state index >= 15 is 0 Å². The van der Waals surface area contributed by atoms with Crippen molar-refractivity contribution in [3.05, 3.63) is 29.8 Å². The van der Waals surface area contributed by atoms with Gasteiger partial charge in [-0.05, 0) is 70.1 Å². The first-order valence-corrected chi connectivity index (χ1v) is 10.0. The quantitative estimate of drug-likeness (QED) is 0.571. The standard InChI is InChI=1S/C17H26N2O4S/c1-2-23-17(20)15-7-9-16(10-8-15)24(21,22)18-11-6-14-19-12-4-3-5-13-19/h7-10,18H,2-6,11-14H2,1H3. The number of carbonyl (C=O) groups excluding carboxylic acids is 1. The molecule has 7 heteroatoms. The molecule has 1 N–H and O–H groups in total. The average Bonchev–Trinajstić information content (AvgIpc) is 2.60. The van der Waals surface area contributed by atoms with Crippen LogP contribution in [0, 0.1) is 0 Å². The highest BCUT2D eigenvalue weighted by molar-refractivity contribution is 7.89. The van der Waals surface area contributed by atoms with Gasteiger partial charge < -0.3 is 9.64 Å². The molecule has 24 heavy (non-hydrogen) atoms. The van der Waals surface area contributed by atoms with Crippen LogP contribution < -0.4 is 4.72 Å². The van der Waals surface area contributed by atoms with Crippen LogP contribution in [0.25, 0.3) is 0 Å². The first-order valence-electron chi connectivity index (χ1n) is 8.52. The number of hydrogen-bond acceptors (Lipinski definition) is 5. The van der Waals surface area contributed by atoms with Gasteiger partial charge in [0.15, 0.2) is 0 Å². The third-order valence-electron chi connectivity index (χ3n) is 4.07. The molecule has 0 saturated carbocycles. The molecule has 1 heterocycles. The minimum atomic E-state index is -3.54. The monoisotopic (exact) mass is 354 g/mol. The van der Waals surface area contributed by atoms with Crippen molar-refractivity contribution in [3.63, 3.8) is 0 Å². The molecule has 134 valence electrons. The summed E-state index contributed by atoms with van der Waals surface area (Å²) in [5.41, 5.74) is 0.348. The molecule has 1 aromatic carbocycles. The normalized spacial score (nSPS) is 16.0. The number of sulfonamides is 1. The summed E-state index contributed by atoms with van der Waals surface area (Å²) in [7, 11) is -3.54. The van der Waals surface area contributed by atoms with E-state index in [-0.39, 0.29) is 11.5 Å². The Labute approximate surface area is 144 Å².